The minimum atomic E-state index is -0.662. The SMILES string of the molecule is C[C@H](CC(=O)N(C)[C@@H](C)[C@@H](O)c1ccccc1)C(C)(C)C. The van der Waals surface area contributed by atoms with Crippen LogP contribution in [0.15, 0.2) is 30.3 Å². The molecule has 0 aliphatic heterocycles. The number of hydrogen-bond acceptors (Lipinski definition) is 2. The Morgan fingerprint density at radius 1 is 1.19 bits per heavy atom. The minimum Gasteiger partial charge on any atom is -0.386 e. The second-order valence-electron chi connectivity index (χ2n) is 7.07. The van der Waals surface area contributed by atoms with Crippen molar-refractivity contribution in [1.29, 1.82) is 0 Å². The Balaban J connectivity index is 2.69. The molecule has 1 N–H and O–H groups in total. The van der Waals surface area contributed by atoms with Gasteiger partial charge in [0, 0.05) is 13.5 Å². The molecule has 0 spiro atoms. The number of nitrogens with zero attached hydrogens (tertiary/aromatic N) is 1. The molecule has 0 heterocycles. The number of rotatable bonds is 5. The summed E-state index contributed by atoms with van der Waals surface area (Å²) >= 11 is 0. The van der Waals surface area contributed by atoms with Crippen LogP contribution in [0.5, 0.6) is 0 Å². The van der Waals surface area contributed by atoms with Crippen LogP contribution in [-0.4, -0.2) is 29.0 Å². The maximum Gasteiger partial charge on any atom is 0.222 e. The van der Waals surface area contributed by atoms with Gasteiger partial charge in [-0.3, -0.25) is 4.79 Å². The van der Waals surface area contributed by atoms with E-state index in [-0.39, 0.29) is 17.4 Å². The van der Waals surface area contributed by atoms with Crippen LogP contribution in [-0.2, 0) is 4.79 Å². The van der Waals surface area contributed by atoms with Crippen LogP contribution in [0, 0.1) is 11.3 Å². The number of carbonyl (C=O) groups excluding carboxylic acids is 1. The zero-order chi connectivity index (χ0) is 16.2. The van der Waals surface area contributed by atoms with Gasteiger partial charge in [-0.2, -0.15) is 0 Å². The lowest BCUT2D eigenvalue weighted by molar-refractivity contribution is -0.135. The third-order valence-corrected chi connectivity index (χ3v) is 4.56. The molecule has 0 bridgehead atoms. The second kappa shape index (κ2) is 7.08. The summed E-state index contributed by atoms with van der Waals surface area (Å²) in [7, 11) is 1.77. The molecule has 0 unspecified atom stereocenters. The van der Waals surface area contributed by atoms with E-state index in [4.69, 9.17) is 0 Å². The predicted molar refractivity (Wildman–Crippen MR) is 86.9 cm³/mol. The molecule has 0 aliphatic carbocycles. The van der Waals surface area contributed by atoms with Gasteiger partial charge in [-0.05, 0) is 23.8 Å². The van der Waals surface area contributed by atoms with Gasteiger partial charge in [-0.15, -0.1) is 0 Å². The molecular formula is C18H29NO2. The highest BCUT2D eigenvalue weighted by Crippen LogP contribution is 2.29. The number of aliphatic hydroxyl groups excluding tert-OH is 1. The summed E-state index contributed by atoms with van der Waals surface area (Å²) in [5.74, 6) is 0.383. The lowest BCUT2D eigenvalue weighted by Gasteiger charge is -2.32. The first-order valence-electron chi connectivity index (χ1n) is 7.63. The second-order valence-corrected chi connectivity index (χ2v) is 7.07. The molecule has 118 valence electrons. The molecule has 3 heteroatoms. The van der Waals surface area contributed by atoms with Crippen LogP contribution in [0.3, 0.4) is 0 Å². The summed E-state index contributed by atoms with van der Waals surface area (Å²) in [6.45, 7) is 10.4. The summed E-state index contributed by atoms with van der Waals surface area (Å²) in [4.78, 5) is 14.1. The van der Waals surface area contributed by atoms with Crippen molar-refractivity contribution >= 4 is 5.91 Å². The maximum atomic E-state index is 12.4. The van der Waals surface area contributed by atoms with E-state index in [2.05, 4.69) is 27.7 Å². The highest BCUT2D eigenvalue weighted by Gasteiger charge is 2.28. The highest BCUT2D eigenvalue weighted by molar-refractivity contribution is 5.76. The first kappa shape index (κ1) is 17.7. The molecule has 3 nitrogen and oxygen atoms in total. The molecule has 0 aromatic heterocycles. The van der Waals surface area contributed by atoms with Gasteiger partial charge in [0.15, 0.2) is 0 Å². The smallest absolute Gasteiger partial charge is 0.222 e. The Morgan fingerprint density at radius 2 is 1.71 bits per heavy atom. The fraction of sp³-hybridized carbons (Fsp3) is 0.611. The van der Waals surface area contributed by atoms with Crippen LogP contribution in [0.25, 0.3) is 0 Å². The van der Waals surface area contributed by atoms with Gasteiger partial charge in [-0.1, -0.05) is 58.0 Å². The van der Waals surface area contributed by atoms with E-state index in [0.717, 1.165) is 5.56 Å². The van der Waals surface area contributed by atoms with Crippen LogP contribution in [0.1, 0.15) is 52.7 Å². The third kappa shape index (κ3) is 4.85. The molecule has 0 fully saturated rings. The lowest BCUT2D eigenvalue weighted by Crippen LogP contribution is -2.40. The Labute approximate surface area is 129 Å². The van der Waals surface area contributed by atoms with Crippen LogP contribution >= 0.6 is 0 Å². The number of benzene rings is 1. The summed E-state index contributed by atoms with van der Waals surface area (Å²) < 4.78 is 0. The van der Waals surface area contributed by atoms with Crippen LogP contribution < -0.4 is 0 Å². The van der Waals surface area contributed by atoms with Crippen molar-refractivity contribution in [3.63, 3.8) is 0 Å². The van der Waals surface area contributed by atoms with E-state index in [1.165, 1.54) is 0 Å². The lowest BCUT2D eigenvalue weighted by atomic mass is 9.80. The molecule has 1 amide bonds. The summed E-state index contributed by atoms with van der Waals surface area (Å²) in [6, 6.07) is 9.24. The van der Waals surface area contributed by atoms with E-state index in [0.29, 0.717) is 12.3 Å². The van der Waals surface area contributed by atoms with Gasteiger partial charge in [0.2, 0.25) is 5.91 Å². The van der Waals surface area contributed by atoms with E-state index in [1.54, 1.807) is 11.9 Å². The molecule has 3 atom stereocenters. The standard InChI is InChI=1S/C18H29NO2/c1-13(18(3,4)5)12-16(20)19(6)14(2)17(21)15-10-8-7-9-11-15/h7-11,13-14,17,21H,12H2,1-6H3/t13-,14+,17-/m1/s1. The van der Waals surface area contributed by atoms with Gasteiger partial charge in [0.05, 0.1) is 12.1 Å². The molecular weight excluding hydrogens is 262 g/mol. The summed E-state index contributed by atoms with van der Waals surface area (Å²) in [5.41, 5.74) is 0.950. The molecule has 0 saturated carbocycles. The third-order valence-electron chi connectivity index (χ3n) is 4.56. The summed E-state index contributed by atoms with van der Waals surface area (Å²) in [6.07, 6.45) is -0.156. The first-order valence-corrected chi connectivity index (χ1v) is 7.63. The molecule has 0 saturated heterocycles. The number of likely N-dealkylation sites (N-methyl/N-ethyl adjacent to an activating group) is 1. The summed E-state index contributed by atoms with van der Waals surface area (Å²) in [5, 5.41) is 10.4. The van der Waals surface area contributed by atoms with Gasteiger partial charge in [-0.25, -0.2) is 0 Å². The zero-order valence-electron chi connectivity index (χ0n) is 14.1. The van der Waals surface area contributed by atoms with E-state index in [1.807, 2.05) is 37.3 Å². The molecule has 1 aromatic carbocycles. The maximum absolute atomic E-state index is 12.4. The molecule has 0 aliphatic rings. The van der Waals surface area contributed by atoms with Gasteiger partial charge < -0.3 is 10.0 Å². The van der Waals surface area contributed by atoms with Gasteiger partial charge >= 0.3 is 0 Å². The van der Waals surface area contributed by atoms with Crippen molar-refractivity contribution in [2.24, 2.45) is 11.3 Å². The van der Waals surface area contributed by atoms with Crippen LogP contribution in [0.4, 0.5) is 0 Å². The van der Waals surface area contributed by atoms with E-state index < -0.39 is 6.10 Å². The van der Waals surface area contributed by atoms with Crippen molar-refractivity contribution in [3.05, 3.63) is 35.9 Å². The Kier molecular flexibility index (Phi) is 5.97. The van der Waals surface area contributed by atoms with Gasteiger partial charge in [0.1, 0.15) is 0 Å². The Morgan fingerprint density at radius 3 is 2.19 bits per heavy atom. The van der Waals surface area contributed by atoms with Crippen molar-refractivity contribution in [2.45, 2.75) is 53.2 Å². The number of carbonyl (C=O) groups is 1. The topological polar surface area (TPSA) is 40.5 Å². The quantitative estimate of drug-likeness (QED) is 0.899. The molecule has 1 aromatic rings. The molecule has 1 rings (SSSR count). The fourth-order valence-corrected chi connectivity index (χ4v) is 2.08. The largest absolute Gasteiger partial charge is 0.386 e. The minimum absolute atomic E-state index is 0.0832. The van der Waals surface area contributed by atoms with Crippen LogP contribution in [0.2, 0.25) is 0 Å². The van der Waals surface area contributed by atoms with Gasteiger partial charge in [0.25, 0.3) is 0 Å². The number of amides is 1. The van der Waals surface area contributed by atoms with Crippen molar-refractivity contribution in [1.82, 2.24) is 4.90 Å². The number of hydrogen-bond donors (Lipinski definition) is 1. The molecule has 21 heavy (non-hydrogen) atoms. The Hall–Kier alpha value is -1.35. The average Bonchev–Trinajstić information content (AvgIpc) is 2.44. The highest BCUT2D eigenvalue weighted by atomic mass is 16.3. The van der Waals surface area contributed by atoms with Crippen molar-refractivity contribution < 1.29 is 9.90 Å². The fourth-order valence-electron chi connectivity index (χ4n) is 2.08. The Bertz CT molecular complexity index is 450. The average molecular weight is 291 g/mol. The zero-order valence-corrected chi connectivity index (χ0v) is 14.1. The van der Waals surface area contributed by atoms with Crippen molar-refractivity contribution in [2.75, 3.05) is 7.05 Å². The first-order chi connectivity index (χ1) is 9.64. The number of aliphatic hydroxyl groups is 1. The van der Waals surface area contributed by atoms with Crippen molar-refractivity contribution in [3.8, 4) is 0 Å². The van der Waals surface area contributed by atoms with E-state index >= 15 is 0 Å². The van der Waals surface area contributed by atoms with E-state index in [9.17, 15) is 9.90 Å². The predicted octanol–water partition coefficient (Wildman–Crippen LogP) is 3.64. The monoisotopic (exact) mass is 291 g/mol. The normalized spacial score (nSPS) is 16.1. The molecule has 0 radical (unpaired) electrons.